The van der Waals surface area contributed by atoms with Crippen LogP contribution < -0.4 is 9.47 Å². The maximum Gasteiger partial charge on any atom is 0.306 e. The maximum atomic E-state index is 11.2. The van der Waals surface area contributed by atoms with E-state index in [1.54, 1.807) is 0 Å². The topological polar surface area (TPSA) is 87.7 Å². The van der Waals surface area contributed by atoms with Crippen molar-refractivity contribution in [1.29, 1.82) is 0 Å². The number of halogens is 1. The van der Waals surface area contributed by atoms with Crippen LogP contribution in [0.3, 0.4) is 0 Å². The molecule has 2 N–H and O–H groups in total. The Hall–Kier alpha value is -3.03. The lowest BCUT2D eigenvalue weighted by Crippen LogP contribution is -2.38. The summed E-state index contributed by atoms with van der Waals surface area (Å²) < 4.78 is 12.7. The Bertz CT molecular complexity index is 1310. The molecule has 8 heteroatoms. The van der Waals surface area contributed by atoms with Crippen molar-refractivity contribution in [3.63, 3.8) is 0 Å². The van der Waals surface area contributed by atoms with Gasteiger partial charge in [-0.3, -0.25) is 14.8 Å². The highest BCUT2D eigenvalue weighted by atomic mass is 35.5. The van der Waals surface area contributed by atoms with Crippen molar-refractivity contribution in [2.45, 2.75) is 39.7 Å². The minimum absolute atomic E-state index is 0.150. The number of H-pyrrole nitrogens is 1. The second kappa shape index (κ2) is 10.1. The lowest BCUT2D eigenvalue weighted by molar-refractivity contribution is -0.143. The third-order valence-corrected chi connectivity index (χ3v) is 7.66. The number of nitrogens with zero attached hydrogens (tertiary/aromatic N) is 2. The number of aliphatic carboxylic acids is 1. The molecule has 3 heterocycles. The summed E-state index contributed by atoms with van der Waals surface area (Å²) in [5, 5.41) is 17.7. The average molecular weight is 510 g/mol. The number of carboxylic acid groups (broad SMARTS) is 1. The van der Waals surface area contributed by atoms with Crippen molar-refractivity contribution in [3.8, 4) is 11.5 Å². The fourth-order valence-corrected chi connectivity index (χ4v) is 5.34. The molecular weight excluding hydrogens is 478 g/mol. The molecule has 0 radical (unpaired) electrons. The molecule has 2 aliphatic rings. The number of rotatable bonds is 7. The van der Waals surface area contributed by atoms with E-state index in [-0.39, 0.29) is 17.9 Å². The van der Waals surface area contributed by atoms with E-state index in [0.29, 0.717) is 24.6 Å². The fraction of sp³-hybridized carbons (Fsp3) is 0.429. The highest BCUT2D eigenvalue weighted by molar-refractivity contribution is 6.34. The zero-order valence-electron chi connectivity index (χ0n) is 20.9. The number of hydrogen-bond donors (Lipinski definition) is 2. The summed E-state index contributed by atoms with van der Waals surface area (Å²) in [7, 11) is 0. The van der Waals surface area contributed by atoms with E-state index in [4.69, 9.17) is 21.1 Å². The third kappa shape index (κ3) is 4.95. The van der Waals surface area contributed by atoms with Crippen LogP contribution in [0, 0.1) is 11.8 Å². The number of nitrogens with one attached hydrogen (secondary N) is 1. The van der Waals surface area contributed by atoms with Gasteiger partial charge in [-0.1, -0.05) is 31.5 Å². The van der Waals surface area contributed by atoms with E-state index in [0.717, 1.165) is 53.2 Å². The summed E-state index contributed by atoms with van der Waals surface area (Å²) in [5.41, 5.74) is 5.43. The van der Waals surface area contributed by atoms with Gasteiger partial charge in [0.15, 0.2) is 0 Å². The standard InChI is InChI=1S/C28H32ClN3O4/c1-16(2)26(19-4-7-24-23(12-19)27(29)31-30-24)36-21-5-6-22-17(3)20(15-35-25(22)13-21)14-32-10-8-18(9-11-32)28(33)34/h4-7,12-13,16,18,26H,8-11,14-15H2,1-3H3,(H,30,31)(H,33,34). The van der Waals surface area contributed by atoms with Crippen LogP contribution in [0.15, 0.2) is 42.0 Å². The predicted octanol–water partition coefficient (Wildman–Crippen LogP) is 5.95. The Morgan fingerprint density at radius 3 is 2.75 bits per heavy atom. The molecule has 1 fully saturated rings. The number of benzene rings is 2. The molecule has 1 saturated heterocycles. The van der Waals surface area contributed by atoms with Crippen LogP contribution in [0.2, 0.25) is 5.15 Å². The highest BCUT2D eigenvalue weighted by Gasteiger charge is 2.27. The van der Waals surface area contributed by atoms with Crippen molar-refractivity contribution in [3.05, 3.63) is 58.3 Å². The summed E-state index contributed by atoms with van der Waals surface area (Å²) in [6.45, 7) is 9.37. The summed E-state index contributed by atoms with van der Waals surface area (Å²) in [6, 6.07) is 12.1. The van der Waals surface area contributed by atoms with Crippen molar-refractivity contribution in [2.75, 3.05) is 26.2 Å². The molecular formula is C28H32ClN3O4. The molecule has 1 unspecified atom stereocenters. The predicted molar refractivity (Wildman–Crippen MR) is 141 cm³/mol. The van der Waals surface area contributed by atoms with E-state index in [1.807, 2.05) is 30.3 Å². The third-order valence-electron chi connectivity index (χ3n) is 7.37. The van der Waals surface area contributed by atoms with Crippen molar-refractivity contribution in [1.82, 2.24) is 15.1 Å². The van der Waals surface area contributed by atoms with Gasteiger partial charge in [0.1, 0.15) is 29.4 Å². The fourth-order valence-electron chi connectivity index (χ4n) is 5.15. The Kier molecular flexibility index (Phi) is 6.95. The van der Waals surface area contributed by atoms with Gasteiger partial charge in [-0.15, -0.1) is 0 Å². The van der Waals surface area contributed by atoms with Gasteiger partial charge in [-0.25, -0.2) is 0 Å². The molecule has 0 amide bonds. The number of aromatic nitrogens is 2. The number of allylic oxidation sites excluding steroid dienone is 1. The number of likely N-dealkylation sites (tertiary alicyclic amines) is 1. The number of piperidine rings is 1. The Morgan fingerprint density at radius 1 is 1.25 bits per heavy atom. The molecule has 5 rings (SSSR count). The molecule has 2 aliphatic heterocycles. The molecule has 1 atom stereocenters. The van der Waals surface area contributed by atoms with Crippen LogP contribution in [0.5, 0.6) is 11.5 Å². The zero-order valence-corrected chi connectivity index (χ0v) is 21.6. The normalized spacial score (nSPS) is 17.8. The second-order valence-corrected chi connectivity index (χ2v) is 10.5. The first-order chi connectivity index (χ1) is 17.3. The summed E-state index contributed by atoms with van der Waals surface area (Å²) >= 11 is 6.27. The lowest BCUT2D eigenvalue weighted by atomic mass is 9.94. The molecule has 0 aliphatic carbocycles. The minimum Gasteiger partial charge on any atom is -0.488 e. The number of ether oxygens (including phenoxy) is 2. The van der Waals surface area contributed by atoms with Gasteiger partial charge in [0.05, 0.1) is 11.4 Å². The first-order valence-electron chi connectivity index (χ1n) is 12.5. The molecule has 0 spiro atoms. The minimum atomic E-state index is -0.677. The van der Waals surface area contributed by atoms with E-state index >= 15 is 0 Å². The van der Waals surface area contributed by atoms with Crippen LogP contribution in [0.4, 0.5) is 0 Å². The highest BCUT2D eigenvalue weighted by Crippen LogP contribution is 2.38. The van der Waals surface area contributed by atoms with Crippen molar-refractivity contribution >= 4 is 34.0 Å². The molecule has 2 aromatic carbocycles. The van der Waals surface area contributed by atoms with Crippen molar-refractivity contribution in [2.24, 2.45) is 11.8 Å². The number of aromatic amines is 1. The van der Waals surface area contributed by atoms with E-state index in [2.05, 4.69) is 41.9 Å². The molecule has 0 bridgehead atoms. The summed E-state index contributed by atoms with van der Waals surface area (Å²) in [4.78, 5) is 13.6. The maximum absolute atomic E-state index is 11.2. The molecule has 0 saturated carbocycles. The van der Waals surface area contributed by atoms with E-state index in [1.165, 1.54) is 11.1 Å². The largest absolute Gasteiger partial charge is 0.488 e. The SMILES string of the molecule is CC1=C(CN2CCC(C(=O)O)CC2)COc2cc(OC(c3ccc4n[nH]c(Cl)c4c3)C(C)C)ccc21. The number of fused-ring (bicyclic) bond motifs is 2. The van der Waals surface area contributed by atoms with Crippen LogP contribution in [-0.2, 0) is 4.79 Å². The van der Waals surface area contributed by atoms with Gasteiger partial charge >= 0.3 is 5.97 Å². The first kappa shape index (κ1) is 24.7. The molecule has 36 heavy (non-hydrogen) atoms. The Labute approximate surface area is 216 Å². The first-order valence-corrected chi connectivity index (χ1v) is 12.9. The van der Waals surface area contributed by atoms with Crippen LogP contribution >= 0.6 is 11.6 Å². The van der Waals surface area contributed by atoms with Crippen LogP contribution in [0.25, 0.3) is 16.5 Å². The molecule has 3 aromatic rings. The molecule has 1 aromatic heterocycles. The Balaban J connectivity index is 1.32. The van der Waals surface area contributed by atoms with E-state index in [9.17, 15) is 9.90 Å². The van der Waals surface area contributed by atoms with Gasteiger partial charge in [-0.2, -0.15) is 5.10 Å². The van der Waals surface area contributed by atoms with Gasteiger partial charge in [0, 0.05) is 23.6 Å². The van der Waals surface area contributed by atoms with Gasteiger partial charge in [0.25, 0.3) is 0 Å². The molecule has 190 valence electrons. The summed E-state index contributed by atoms with van der Waals surface area (Å²) in [5.74, 6) is 0.936. The summed E-state index contributed by atoms with van der Waals surface area (Å²) in [6.07, 6.45) is 1.26. The van der Waals surface area contributed by atoms with E-state index < -0.39 is 5.97 Å². The monoisotopic (exact) mass is 509 g/mol. The quantitative estimate of drug-likeness (QED) is 0.409. The number of hydrogen-bond acceptors (Lipinski definition) is 5. The number of carbonyl (C=O) groups is 1. The average Bonchev–Trinajstić information content (AvgIpc) is 3.24. The van der Waals surface area contributed by atoms with Gasteiger partial charge < -0.3 is 14.6 Å². The smallest absolute Gasteiger partial charge is 0.306 e. The van der Waals surface area contributed by atoms with Gasteiger partial charge in [0.2, 0.25) is 0 Å². The number of carboxylic acids is 1. The Morgan fingerprint density at radius 2 is 2.03 bits per heavy atom. The van der Waals surface area contributed by atoms with Crippen molar-refractivity contribution < 1.29 is 19.4 Å². The second-order valence-electron chi connectivity index (χ2n) is 10.2. The van der Waals surface area contributed by atoms with Crippen LogP contribution in [0.1, 0.15) is 50.8 Å². The van der Waals surface area contributed by atoms with Crippen LogP contribution in [-0.4, -0.2) is 52.4 Å². The lowest BCUT2D eigenvalue weighted by Gasteiger charge is -2.32. The molecule has 7 nitrogen and oxygen atoms in total. The zero-order chi connectivity index (χ0) is 25.4. The van der Waals surface area contributed by atoms with Gasteiger partial charge in [-0.05, 0) is 79.7 Å².